The predicted octanol–water partition coefficient (Wildman–Crippen LogP) is 16.2. The second-order valence-corrected chi connectivity index (χ2v) is 17.0. The van der Waals surface area contributed by atoms with Gasteiger partial charge in [-0.2, -0.15) is 0 Å². The molecule has 2 aromatic carbocycles. The largest absolute Gasteiger partial charge is 0.426 e. The summed E-state index contributed by atoms with van der Waals surface area (Å²) in [4.78, 5) is 0. The molecule has 2 aromatic rings. The number of rotatable bonds is 32. The molecular weight excluding hydrogens is 631 g/mol. The van der Waals surface area contributed by atoms with Gasteiger partial charge in [0.25, 0.3) is 0 Å². The Bertz CT molecular complexity index is 1040. The minimum Gasteiger partial charge on any atom is -0.426 e. The van der Waals surface area contributed by atoms with Gasteiger partial charge in [-0.3, -0.25) is 0 Å². The van der Waals surface area contributed by atoms with Crippen molar-refractivity contribution < 1.29 is 13.6 Å². The first kappa shape index (κ1) is 44.7. The number of hydrogen-bond donors (Lipinski definition) is 0. The van der Waals surface area contributed by atoms with Crippen LogP contribution in [0.3, 0.4) is 0 Å². The van der Waals surface area contributed by atoms with E-state index in [0.29, 0.717) is 13.2 Å². The topological polar surface area (TPSA) is 27.7 Å². The maximum Gasteiger partial charge on any atom is 0.397 e. The Morgan fingerprint density at radius 3 is 1.44 bits per heavy atom. The van der Waals surface area contributed by atoms with Crippen LogP contribution in [0.5, 0.6) is 5.75 Å². The summed E-state index contributed by atoms with van der Waals surface area (Å²) in [5.41, 5.74) is 4.09. The van der Waals surface area contributed by atoms with E-state index in [4.69, 9.17) is 13.6 Å². The average Bonchev–Trinajstić information content (AvgIpc) is 3.11. The van der Waals surface area contributed by atoms with Gasteiger partial charge in [-0.1, -0.05) is 219 Å². The van der Waals surface area contributed by atoms with E-state index in [9.17, 15) is 0 Å². The van der Waals surface area contributed by atoms with Crippen LogP contribution in [0.15, 0.2) is 48.5 Å². The lowest BCUT2D eigenvalue weighted by molar-refractivity contribution is 0.198. The van der Waals surface area contributed by atoms with Gasteiger partial charge in [0, 0.05) is 11.5 Å². The molecule has 50 heavy (non-hydrogen) atoms. The van der Waals surface area contributed by atoms with Crippen LogP contribution in [0.4, 0.5) is 0 Å². The second-order valence-electron chi connectivity index (χ2n) is 15.8. The van der Waals surface area contributed by atoms with E-state index in [1.54, 1.807) is 0 Å². The van der Waals surface area contributed by atoms with Crippen molar-refractivity contribution in [2.45, 2.75) is 207 Å². The van der Waals surface area contributed by atoms with Crippen LogP contribution < -0.4 is 4.52 Å². The third-order valence-corrected chi connectivity index (χ3v) is 11.2. The maximum atomic E-state index is 6.71. The van der Waals surface area contributed by atoms with E-state index in [2.05, 4.69) is 90.1 Å². The van der Waals surface area contributed by atoms with E-state index in [-0.39, 0.29) is 11.3 Å². The van der Waals surface area contributed by atoms with Crippen molar-refractivity contribution >= 4 is 8.60 Å². The molecule has 0 saturated heterocycles. The zero-order chi connectivity index (χ0) is 36.1. The first-order valence-electron chi connectivity index (χ1n) is 21.3. The zero-order valence-electron chi connectivity index (χ0n) is 33.8. The molecule has 0 heterocycles. The third kappa shape index (κ3) is 20.6. The molecule has 1 unspecified atom stereocenters. The lowest BCUT2D eigenvalue weighted by atomic mass is 9.81. The van der Waals surface area contributed by atoms with Crippen LogP contribution in [0.1, 0.15) is 218 Å². The molecular formula is C46H79O3P. The van der Waals surface area contributed by atoms with Crippen LogP contribution in [-0.4, -0.2) is 13.2 Å². The highest BCUT2D eigenvalue weighted by Gasteiger charge is 2.23. The molecule has 0 N–H and O–H groups in total. The van der Waals surface area contributed by atoms with Crippen molar-refractivity contribution in [3.8, 4) is 5.75 Å². The van der Waals surface area contributed by atoms with E-state index in [0.717, 1.165) is 31.4 Å². The lowest BCUT2D eigenvalue weighted by Gasteiger charge is -2.25. The van der Waals surface area contributed by atoms with E-state index in [1.807, 2.05) is 0 Å². The summed E-state index contributed by atoms with van der Waals surface area (Å²) in [6.45, 7) is 15.2. The number of benzene rings is 2. The van der Waals surface area contributed by atoms with Crippen molar-refractivity contribution in [3.05, 3.63) is 65.2 Å². The normalized spacial score (nSPS) is 12.5. The summed E-state index contributed by atoms with van der Waals surface area (Å²) in [6.07, 6.45) is 31.5. The van der Waals surface area contributed by atoms with E-state index in [1.165, 1.54) is 145 Å². The van der Waals surface area contributed by atoms with E-state index < -0.39 is 8.60 Å². The molecule has 286 valence electrons. The fraction of sp³-hybridized carbons (Fsp3) is 0.739. The quantitative estimate of drug-likeness (QED) is 0.0559. The Morgan fingerprint density at radius 1 is 0.520 bits per heavy atom. The molecule has 0 amide bonds. The predicted molar refractivity (Wildman–Crippen MR) is 221 cm³/mol. The molecule has 0 fully saturated rings. The molecule has 1 atom stereocenters. The molecule has 0 spiro atoms. The molecule has 4 heteroatoms. The summed E-state index contributed by atoms with van der Waals surface area (Å²) < 4.78 is 19.5. The summed E-state index contributed by atoms with van der Waals surface area (Å²) in [5, 5.41) is 0. The summed E-state index contributed by atoms with van der Waals surface area (Å²) in [6, 6.07) is 17.8. The fourth-order valence-corrected chi connectivity index (χ4v) is 7.91. The Labute approximate surface area is 312 Å². The van der Waals surface area contributed by atoms with Crippen LogP contribution in [0, 0.1) is 0 Å². The zero-order valence-corrected chi connectivity index (χ0v) is 34.6. The number of para-hydroxylation sites is 1. The molecule has 0 aliphatic heterocycles. The van der Waals surface area contributed by atoms with Crippen LogP contribution in [0.25, 0.3) is 0 Å². The summed E-state index contributed by atoms with van der Waals surface area (Å²) >= 11 is 0. The highest BCUT2D eigenvalue weighted by molar-refractivity contribution is 7.42. The minimum absolute atomic E-state index is 0.112. The molecule has 2 rings (SSSR count). The first-order chi connectivity index (χ1) is 24.4. The Balaban J connectivity index is 1.94. The highest BCUT2D eigenvalue weighted by Crippen LogP contribution is 2.45. The molecule has 0 saturated carbocycles. The van der Waals surface area contributed by atoms with Crippen molar-refractivity contribution in [1.82, 2.24) is 0 Å². The van der Waals surface area contributed by atoms with Gasteiger partial charge >= 0.3 is 8.60 Å². The molecule has 3 nitrogen and oxygen atoms in total. The summed E-state index contributed by atoms with van der Waals surface area (Å²) in [7, 11) is -1.46. The molecule has 0 aliphatic rings. The van der Waals surface area contributed by atoms with Crippen molar-refractivity contribution in [3.63, 3.8) is 0 Å². The minimum atomic E-state index is -1.46. The van der Waals surface area contributed by atoms with Crippen LogP contribution in [-0.2, 0) is 14.5 Å². The standard InChI is InChI=1S/C46H79O3P/c1-7-10-12-14-16-18-20-22-24-26-30-38-47-50(48-39-31-27-25-23-21-19-17-15-13-11-8-2)49-45-37-29-28-36-44(45)43(33-9-3)41-34-32-35-42(40-41)46(4,5)6/h28-29,32,34-37,40,43H,7-27,30-31,33,38-39H2,1-6H3. The van der Waals surface area contributed by atoms with Gasteiger partial charge in [0.05, 0.1) is 13.2 Å². The van der Waals surface area contributed by atoms with Crippen LogP contribution >= 0.6 is 8.60 Å². The monoisotopic (exact) mass is 711 g/mol. The molecule has 0 radical (unpaired) electrons. The van der Waals surface area contributed by atoms with E-state index >= 15 is 0 Å². The van der Waals surface area contributed by atoms with Crippen LogP contribution in [0.2, 0.25) is 0 Å². The lowest BCUT2D eigenvalue weighted by Crippen LogP contribution is -2.12. The van der Waals surface area contributed by atoms with Gasteiger partial charge in [0.1, 0.15) is 5.75 Å². The van der Waals surface area contributed by atoms with Gasteiger partial charge < -0.3 is 13.6 Å². The van der Waals surface area contributed by atoms with Crippen molar-refractivity contribution in [2.75, 3.05) is 13.2 Å². The Kier molecular flexibility index (Phi) is 26.0. The third-order valence-electron chi connectivity index (χ3n) is 10.1. The highest BCUT2D eigenvalue weighted by atomic mass is 31.2. The van der Waals surface area contributed by atoms with Crippen molar-refractivity contribution in [2.24, 2.45) is 0 Å². The molecule has 0 aliphatic carbocycles. The first-order valence-corrected chi connectivity index (χ1v) is 22.4. The number of unbranched alkanes of at least 4 members (excludes halogenated alkanes) is 20. The second kappa shape index (κ2) is 29.1. The van der Waals surface area contributed by atoms with Gasteiger partial charge in [-0.25, -0.2) is 0 Å². The van der Waals surface area contributed by atoms with Gasteiger partial charge in [0.2, 0.25) is 0 Å². The molecule has 0 bridgehead atoms. The maximum absolute atomic E-state index is 6.71. The average molecular weight is 711 g/mol. The number of hydrogen-bond acceptors (Lipinski definition) is 3. The van der Waals surface area contributed by atoms with Gasteiger partial charge in [-0.15, -0.1) is 0 Å². The Hall–Kier alpha value is -1.41. The van der Waals surface area contributed by atoms with Crippen molar-refractivity contribution in [1.29, 1.82) is 0 Å². The van der Waals surface area contributed by atoms with Gasteiger partial charge in [-0.05, 0) is 41.9 Å². The smallest absolute Gasteiger partial charge is 0.397 e. The summed E-state index contributed by atoms with van der Waals surface area (Å²) in [5.74, 6) is 1.18. The van der Waals surface area contributed by atoms with Gasteiger partial charge in [0.15, 0.2) is 0 Å². The SMILES string of the molecule is CCCCCCCCCCCCCOP(OCCCCCCCCCCCCC)Oc1ccccc1C(CCC)c1cccc(C(C)(C)C)c1. The molecule has 0 aromatic heterocycles. The Morgan fingerprint density at radius 2 is 0.980 bits per heavy atom. The fourth-order valence-electron chi connectivity index (χ4n) is 6.84.